The van der Waals surface area contributed by atoms with Gasteiger partial charge in [0.25, 0.3) is 0 Å². The molecule has 0 saturated heterocycles. The molecule has 1 heterocycles. The lowest BCUT2D eigenvalue weighted by molar-refractivity contribution is 1.28. The van der Waals surface area contributed by atoms with E-state index in [-0.39, 0.29) is 0 Å². The zero-order chi connectivity index (χ0) is 11.5. The number of nitrogen functional groups attached to an aromatic ring is 1. The van der Waals surface area contributed by atoms with Crippen LogP contribution in [-0.4, -0.2) is 11.2 Å². The molecule has 0 unspecified atom stereocenters. The smallest absolute Gasteiger partial charge is 0.131 e. The van der Waals surface area contributed by atoms with Gasteiger partial charge < -0.3 is 5.73 Å². The molecule has 2 nitrogen and oxygen atoms in total. The highest BCUT2D eigenvalue weighted by molar-refractivity contribution is 7.98. The molecule has 0 saturated carbocycles. The Balaban J connectivity index is 2.45. The maximum atomic E-state index is 5.88. The second kappa shape index (κ2) is 4.58. The van der Waals surface area contributed by atoms with Crippen LogP contribution in [0.15, 0.2) is 41.4 Å². The number of hydrogen-bond donors (Lipinski definition) is 1. The van der Waals surface area contributed by atoms with Crippen LogP contribution >= 0.6 is 11.8 Å². The number of nitrogens with zero attached hydrogens (tertiary/aromatic N) is 1. The van der Waals surface area contributed by atoms with Crippen LogP contribution in [0.4, 0.5) is 5.82 Å². The number of benzene rings is 1. The fourth-order valence-electron chi connectivity index (χ4n) is 1.58. The highest BCUT2D eigenvalue weighted by Crippen LogP contribution is 2.26. The standard InChI is InChI=1S/C13H14N2S/c1-9-7-12(13(14)15-8-9)10-3-5-11(16-2)6-4-10/h3-8H,1-2H3,(H2,14,15). The Morgan fingerprint density at radius 2 is 1.88 bits per heavy atom. The summed E-state index contributed by atoms with van der Waals surface area (Å²) in [6.45, 7) is 2.02. The van der Waals surface area contributed by atoms with Crippen molar-refractivity contribution in [2.24, 2.45) is 0 Å². The van der Waals surface area contributed by atoms with E-state index in [0.29, 0.717) is 5.82 Å². The topological polar surface area (TPSA) is 38.9 Å². The first-order valence-electron chi connectivity index (χ1n) is 5.07. The van der Waals surface area contributed by atoms with E-state index in [2.05, 4.69) is 41.6 Å². The molecular formula is C13H14N2S. The summed E-state index contributed by atoms with van der Waals surface area (Å²) in [6.07, 6.45) is 3.85. The quantitative estimate of drug-likeness (QED) is 0.804. The highest BCUT2D eigenvalue weighted by Gasteiger charge is 2.03. The van der Waals surface area contributed by atoms with Crippen LogP contribution in [0, 0.1) is 6.92 Å². The monoisotopic (exact) mass is 230 g/mol. The molecule has 82 valence electrons. The number of pyridine rings is 1. The van der Waals surface area contributed by atoms with Gasteiger partial charge in [0.15, 0.2) is 0 Å². The third-order valence-electron chi connectivity index (χ3n) is 2.46. The first-order valence-corrected chi connectivity index (χ1v) is 6.29. The average molecular weight is 230 g/mol. The zero-order valence-corrected chi connectivity index (χ0v) is 10.2. The van der Waals surface area contributed by atoms with Crippen molar-refractivity contribution in [1.82, 2.24) is 4.98 Å². The van der Waals surface area contributed by atoms with Crippen molar-refractivity contribution >= 4 is 17.6 Å². The Morgan fingerprint density at radius 1 is 1.19 bits per heavy atom. The van der Waals surface area contributed by atoms with Gasteiger partial charge in [0, 0.05) is 16.7 Å². The molecular weight excluding hydrogens is 216 g/mol. The highest BCUT2D eigenvalue weighted by atomic mass is 32.2. The first kappa shape index (κ1) is 11.0. The van der Waals surface area contributed by atoms with E-state index in [4.69, 9.17) is 5.73 Å². The van der Waals surface area contributed by atoms with E-state index in [0.717, 1.165) is 16.7 Å². The molecule has 2 aromatic rings. The lowest BCUT2D eigenvalue weighted by Gasteiger charge is -2.06. The minimum atomic E-state index is 0.586. The number of hydrogen-bond acceptors (Lipinski definition) is 3. The third kappa shape index (κ3) is 2.19. The van der Waals surface area contributed by atoms with E-state index in [9.17, 15) is 0 Å². The summed E-state index contributed by atoms with van der Waals surface area (Å²) in [5.41, 5.74) is 9.12. The van der Waals surface area contributed by atoms with Crippen molar-refractivity contribution in [2.75, 3.05) is 12.0 Å². The second-order valence-corrected chi connectivity index (χ2v) is 4.55. The molecule has 1 aromatic heterocycles. The average Bonchev–Trinajstić information content (AvgIpc) is 2.32. The van der Waals surface area contributed by atoms with Gasteiger partial charge in [-0.3, -0.25) is 0 Å². The van der Waals surface area contributed by atoms with Crippen LogP contribution in [0.25, 0.3) is 11.1 Å². The van der Waals surface area contributed by atoms with Gasteiger partial charge in [-0.25, -0.2) is 4.98 Å². The van der Waals surface area contributed by atoms with Crippen molar-refractivity contribution in [1.29, 1.82) is 0 Å². The Hall–Kier alpha value is -1.48. The fourth-order valence-corrected chi connectivity index (χ4v) is 1.99. The van der Waals surface area contributed by atoms with Gasteiger partial charge in [-0.15, -0.1) is 11.8 Å². The number of aryl methyl sites for hydroxylation is 1. The molecule has 0 radical (unpaired) electrons. The minimum absolute atomic E-state index is 0.586. The van der Waals surface area contributed by atoms with Gasteiger partial charge in [0.1, 0.15) is 5.82 Å². The molecule has 0 spiro atoms. The molecule has 0 atom stereocenters. The number of anilines is 1. The number of nitrogens with two attached hydrogens (primary N) is 1. The van der Waals surface area contributed by atoms with E-state index in [1.807, 2.05) is 6.92 Å². The summed E-state index contributed by atoms with van der Waals surface area (Å²) < 4.78 is 0. The summed E-state index contributed by atoms with van der Waals surface area (Å²) in [6, 6.07) is 10.4. The molecule has 0 aliphatic heterocycles. The first-order chi connectivity index (χ1) is 7.70. The Bertz CT molecular complexity index is 492. The van der Waals surface area contributed by atoms with Crippen molar-refractivity contribution in [3.8, 4) is 11.1 Å². The van der Waals surface area contributed by atoms with Gasteiger partial charge in [-0.05, 0) is 42.5 Å². The van der Waals surface area contributed by atoms with E-state index >= 15 is 0 Å². The van der Waals surface area contributed by atoms with Crippen LogP contribution < -0.4 is 5.73 Å². The molecule has 0 amide bonds. The van der Waals surface area contributed by atoms with Crippen LogP contribution in [-0.2, 0) is 0 Å². The maximum Gasteiger partial charge on any atom is 0.131 e. The summed E-state index contributed by atoms with van der Waals surface area (Å²) in [7, 11) is 0. The predicted octanol–water partition coefficient (Wildman–Crippen LogP) is 3.36. The zero-order valence-electron chi connectivity index (χ0n) is 9.40. The fraction of sp³-hybridized carbons (Fsp3) is 0.154. The summed E-state index contributed by atoms with van der Waals surface area (Å²) in [5.74, 6) is 0.586. The third-order valence-corrected chi connectivity index (χ3v) is 3.20. The molecule has 2 rings (SSSR count). The van der Waals surface area contributed by atoms with Crippen molar-refractivity contribution in [3.05, 3.63) is 42.1 Å². The van der Waals surface area contributed by atoms with Crippen LogP contribution in [0.5, 0.6) is 0 Å². The molecule has 0 bridgehead atoms. The molecule has 0 aliphatic carbocycles. The lowest BCUT2D eigenvalue weighted by atomic mass is 10.1. The summed E-state index contributed by atoms with van der Waals surface area (Å²) >= 11 is 1.73. The number of rotatable bonds is 2. The number of thioether (sulfide) groups is 1. The normalized spacial score (nSPS) is 10.4. The Labute approximate surface area is 99.9 Å². The van der Waals surface area contributed by atoms with Gasteiger partial charge in [-0.1, -0.05) is 12.1 Å². The molecule has 3 heteroatoms. The molecule has 16 heavy (non-hydrogen) atoms. The van der Waals surface area contributed by atoms with Gasteiger partial charge in [-0.2, -0.15) is 0 Å². The van der Waals surface area contributed by atoms with Gasteiger partial charge in [0.05, 0.1) is 0 Å². The minimum Gasteiger partial charge on any atom is -0.383 e. The van der Waals surface area contributed by atoms with E-state index < -0.39 is 0 Å². The van der Waals surface area contributed by atoms with Gasteiger partial charge >= 0.3 is 0 Å². The van der Waals surface area contributed by atoms with E-state index in [1.54, 1.807) is 18.0 Å². The molecule has 1 aromatic carbocycles. The van der Waals surface area contributed by atoms with Crippen molar-refractivity contribution in [2.45, 2.75) is 11.8 Å². The lowest BCUT2D eigenvalue weighted by Crippen LogP contribution is -1.94. The van der Waals surface area contributed by atoms with Crippen LogP contribution in [0.3, 0.4) is 0 Å². The predicted molar refractivity (Wildman–Crippen MR) is 70.6 cm³/mol. The van der Waals surface area contributed by atoms with Crippen LogP contribution in [0.2, 0.25) is 0 Å². The Kier molecular flexibility index (Phi) is 3.15. The second-order valence-electron chi connectivity index (χ2n) is 3.67. The van der Waals surface area contributed by atoms with Crippen LogP contribution in [0.1, 0.15) is 5.56 Å². The Morgan fingerprint density at radius 3 is 2.50 bits per heavy atom. The van der Waals surface area contributed by atoms with Crippen molar-refractivity contribution in [3.63, 3.8) is 0 Å². The summed E-state index contributed by atoms with van der Waals surface area (Å²) in [4.78, 5) is 5.42. The van der Waals surface area contributed by atoms with Crippen molar-refractivity contribution < 1.29 is 0 Å². The largest absolute Gasteiger partial charge is 0.383 e. The van der Waals surface area contributed by atoms with E-state index in [1.165, 1.54) is 4.90 Å². The summed E-state index contributed by atoms with van der Waals surface area (Å²) in [5, 5.41) is 0. The number of aromatic nitrogens is 1. The molecule has 2 N–H and O–H groups in total. The molecule has 0 fully saturated rings. The molecule has 0 aliphatic rings. The maximum absolute atomic E-state index is 5.88. The van der Waals surface area contributed by atoms with Gasteiger partial charge in [0.2, 0.25) is 0 Å². The SMILES string of the molecule is CSc1ccc(-c2cc(C)cnc2N)cc1.